The molecule has 1 N–H and O–H groups in total. The van der Waals surface area contributed by atoms with E-state index in [1.165, 1.54) is 18.2 Å². The molecular formula is C11H12FNO3. The van der Waals surface area contributed by atoms with Crippen LogP contribution in [0.1, 0.15) is 5.56 Å². The molecule has 0 atom stereocenters. The lowest BCUT2D eigenvalue weighted by Gasteiger charge is -2.08. The van der Waals surface area contributed by atoms with E-state index in [1.807, 2.05) is 0 Å². The van der Waals surface area contributed by atoms with Crippen LogP contribution < -0.4 is 4.74 Å². The van der Waals surface area contributed by atoms with Gasteiger partial charge >= 0.3 is 0 Å². The van der Waals surface area contributed by atoms with Gasteiger partial charge in [-0.1, -0.05) is 6.07 Å². The lowest BCUT2D eigenvalue weighted by molar-refractivity contribution is 0.0704. The molecule has 0 aliphatic rings. The standard InChI is InChI=1S/C11H12FNO3/c12-10-2-1-3-11(9(10)8-13)16-7-6-15-5-4-14/h1-3,14H,4-7H2. The van der Waals surface area contributed by atoms with Crippen LogP contribution in [0.2, 0.25) is 0 Å². The minimum Gasteiger partial charge on any atom is -0.490 e. The third-order valence-electron chi connectivity index (χ3n) is 1.81. The molecule has 0 unspecified atom stereocenters. The Bertz CT molecular complexity index is 376. The number of halogens is 1. The van der Waals surface area contributed by atoms with Gasteiger partial charge in [0.2, 0.25) is 0 Å². The van der Waals surface area contributed by atoms with Gasteiger partial charge in [0, 0.05) is 0 Å². The molecule has 0 radical (unpaired) electrons. The fraction of sp³-hybridized carbons (Fsp3) is 0.364. The molecule has 0 spiro atoms. The second-order valence-electron chi connectivity index (χ2n) is 2.91. The monoisotopic (exact) mass is 225 g/mol. The van der Waals surface area contributed by atoms with E-state index in [0.29, 0.717) is 0 Å². The highest BCUT2D eigenvalue weighted by Crippen LogP contribution is 2.19. The quantitative estimate of drug-likeness (QED) is 0.736. The topological polar surface area (TPSA) is 62.5 Å². The average molecular weight is 225 g/mol. The van der Waals surface area contributed by atoms with E-state index in [9.17, 15) is 4.39 Å². The zero-order chi connectivity index (χ0) is 11.8. The van der Waals surface area contributed by atoms with Crippen LogP contribution in [-0.4, -0.2) is 31.5 Å². The first-order chi connectivity index (χ1) is 7.79. The van der Waals surface area contributed by atoms with Crippen molar-refractivity contribution >= 4 is 0 Å². The van der Waals surface area contributed by atoms with Gasteiger partial charge in [0.25, 0.3) is 0 Å². The van der Waals surface area contributed by atoms with E-state index in [4.69, 9.17) is 19.8 Å². The summed E-state index contributed by atoms with van der Waals surface area (Å²) in [5.74, 6) is -0.397. The summed E-state index contributed by atoms with van der Waals surface area (Å²) in [6, 6.07) is 5.93. The van der Waals surface area contributed by atoms with Crippen molar-refractivity contribution in [3.05, 3.63) is 29.6 Å². The number of nitrogens with zero attached hydrogens (tertiary/aromatic N) is 1. The molecule has 0 aromatic heterocycles. The van der Waals surface area contributed by atoms with E-state index in [0.717, 1.165) is 0 Å². The Balaban J connectivity index is 2.48. The van der Waals surface area contributed by atoms with Crippen LogP contribution in [0.5, 0.6) is 5.75 Å². The van der Waals surface area contributed by atoms with Gasteiger partial charge in [-0.25, -0.2) is 4.39 Å². The number of nitriles is 1. The number of benzene rings is 1. The molecule has 1 aromatic rings. The SMILES string of the molecule is N#Cc1c(F)cccc1OCCOCCO. The molecule has 16 heavy (non-hydrogen) atoms. The Hall–Kier alpha value is -1.64. The van der Waals surface area contributed by atoms with Gasteiger partial charge in [-0.05, 0) is 12.1 Å². The number of ether oxygens (including phenoxy) is 2. The van der Waals surface area contributed by atoms with Crippen molar-refractivity contribution in [3.8, 4) is 11.8 Å². The van der Waals surface area contributed by atoms with Crippen LogP contribution >= 0.6 is 0 Å². The van der Waals surface area contributed by atoms with Crippen LogP contribution in [-0.2, 0) is 4.74 Å². The third kappa shape index (κ3) is 3.50. The summed E-state index contributed by atoms with van der Waals surface area (Å²) in [4.78, 5) is 0. The Kier molecular flexibility index (Phi) is 5.26. The first-order valence-corrected chi connectivity index (χ1v) is 4.79. The predicted molar refractivity (Wildman–Crippen MR) is 54.5 cm³/mol. The molecule has 0 heterocycles. The van der Waals surface area contributed by atoms with Gasteiger partial charge < -0.3 is 14.6 Å². The summed E-state index contributed by atoms with van der Waals surface area (Å²) in [5, 5.41) is 17.1. The van der Waals surface area contributed by atoms with Crippen LogP contribution in [0.4, 0.5) is 4.39 Å². The number of rotatable bonds is 6. The first-order valence-electron chi connectivity index (χ1n) is 4.79. The van der Waals surface area contributed by atoms with Gasteiger partial charge in [-0.15, -0.1) is 0 Å². The van der Waals surface area contributed by atoms with Gasteiger partial charge in [0.15, 0.2) is 0 Å². The fourth-order valence-electron chi connectivity index (χ4n) is 1.11. The Labute approximate surface area is 92.8 Å². The van der Waals surface area contributed by atoms with Crippen LogP contribution in [0.15, 0.2) is 18.2 Å². The molecule has 4 nitrogen and oxygen atoms in total. The molecule has 0 aliphatic heterocycles. The molecule has 0 amide bonds. The lowest BCUT2D eigenvalue weighted by Crippen LogP contribution is -2.10. The van der Waals surface area contributed by atoms with Crippen LogP contribution in [0.25, 0.3) is 0 Å². The fourth-order valence-corrected chi connectivity index (χ4v) is 1.11. The Morgan fingerprint density at radius 2 is 2.12 bits per heavy atom. The highest BCUT2D eigenvalue weighted by Gasteiger charge is 2.08. The second kappa shape index (κ2) is 6.77. The Morgan fingerprint density at radius 3 is 2.81 bits per heavy atom. The molecule has 0 fully saturated rings. The first kappa shape index (κ1) is 12.4. The van der Waals surface area contributed by atoms with Crippen molar-refractivity contribution in [1.82, 2.24) is 0 Å². The zero-order valence-corrected chi connectivity index (χ0v) is 8.65. The molecule has 5 heteroatoms. The molecule has 0 bridgehead atoms. The maximum Gasteiger partial charge on any atom is 0.144 e. The number of hydrogen-bond acceptors (Lipinski definition) is 4. The molecule has 0 saturated heterocycles. The lowest BCUT2D eigenvalue weighted by atomic mass is 10.2. The number of hydrogen-bond donors (Lipinski definition) is 1. The van der Waals surface area contributed by atoms with E-state index in [-0.39, 0.29) is 37.7 Å². The third-order valence-corrected chi connectivity index (χ3v) is 1.81. The molecular weight excluding hydrogens is 213 g/mol. The van der Waals surface area contributed by atoms with Crippen molar-refractivity contribution in [2.24, 2.45) is 0 Å². The summed E-state index contributed by atoms with van der Waals surface area (Å²) in [5.41, 5.74) is -0.107. The minimum atomic E-state index is -0.601. The van der Waals surface area contributed by atoms with Crippen molar-refractivity contribution in [2.75, 3.05) is 26.4 Å². The smallest absolute Gasteiger partial charge is 0.144 e. The van der Waals surface area contributed by atoms with Crippen molar-refractivity contribution in [3.63, 3.8) is 0 Å². The second-order valence-corrected chi connectivity index (χ2v) is 2.91. The summed E-state index contributed by atoms with van der Waals surface area (Å²) in [6.07, 6.45) is 0. The number of aliphatic hydroxyl groups excluding tert-OH is 1. The van der Waals surface area contributed by atoms with Crippen molar-refractivity contribution < 1.29 is 19.0 Å². The van der Waals surface area contributed by atoms with Gasteiger partial charge in [-0.3, -0.25) is 0 Å². The van der Waals surface area contributed by atoms with E-state index in [2.05, 4.69) is 0 Å². The van der Waals surface area contributed by atoms with Crippen molar-refractivity contribution in [2.45, 2.75) is 0 Å². The van der Waals surface area contributed by atoms with E-state index >= 15 is 0 Å². The van der Waals surface area contributed by atoms with Crippen LogP contribution in [0, 0.1) is 17.1 Å². The van der Waals surface area contributed by atoms with E-state index < -0.39 is 5.82 Å². The predicted octanol–water partition coefficient (Wildman–Crippen LogP) is 1.09. The highest BCUT2D eigenvalue weighted by molar-refractivity contribution is 5.43. The van der Waals surface area contributed by atoms with E-state index in [1.54, 1.807) is 6.07 Å². The Morgan fingerprint density at radius 1 is 1.31 bits per heavy atom. The molecule has 1 aromatic carbocycles. The summed E-state index contributed by atoms with van der Waals surface area (Å²) >= 11 is 0. The molecule has 0 saturated carbocycles. The highest BCUT2D eigenvalue weighted by atomic mass is 19.1. The molecule has 0 aliphatic carbocycles. The van der Waals surface area contributed by atoms with Gasteiger partial charge in [0.1, 0.15) is 29.8 Å². The average Bonchev–Trinajstić information content (AvgIpc) is 2.29. The maximum atomic E-state index is 13.1. The largest absolute Gasteiger partial charge is 0.490 e. The zero-order valence-electron chi connectivity index (χ0n) is 8.65. The van der Waals surface area contributed by atoms with Crippen LogP contribution in [0.3, 0.4) is 0 Å². The number of aliphatic hydroxyl groups is 1. The summed E-state index contributed by atoms with van der Waals surface area (Å²) < 4.78 is 23.3. The summed E-state index contributed by atoms with van der Waals surface area (Å²) in [7, 11) is 0. The molecule has 86 valence electrons. The van der Waals surface area contributed by atoms with Gasteiger partial charge in [0.05, 0.1) is 19.8 Å². The molecule has 1 rings (SSSR count). The van der Waals surface area contributed by atoms with Gasteiger partial charge in [-0.2, -0.15) is 5.26 Å². The summed E-state index contributed by atoms with van der Waals surface area (Å²) in [6.45, 7) is 0.668. The minimum absolute atomic E-state index is 0.0522. The van der Waals surface area contributed by atoms with Crippen molar-refractivity contribution in [1.29, 1.82) is 5.26 Å². The normalized spacial score (nSPS) is 9.81. The maximum absolute atomic E-state index is 13.1.